The summed E-state index contributed by atoms with van der Waals surface area (Å²) in [6.07, 6.45) is 40.7. The average molecular weight is 653 g/mol. The first-order valence-electron chi connectivity index (χ1n) is 21.5. The number of rotatable bonds is 38. The molecule has 2 unspecified atom stereocenters. The van der Waals surface area contributed by atoms with E-state index in [4.69, 9.17) is 0 Å². The van der Waals surface area contributed by atoms with E-state index < -0.39 is 17.3 Å². The number of hydrogen-bond donors (Lipinski definition) is 3. The number of unbranched alkanes of at least 4 members (excludes halogenated alkanes) is 28. The number of hydrogen-bond acceptors (Lipinski definition) is 3. The standard InChI is InChI=1S/C43H88O3/c1-5-9-13-17-21-25-29-33-37-41(44)43(46,40-36-32-28-24-20-16-12-8-4)42(45,38-34-30-26-22-18-14-10-6-2)39-35-31-27-23-19-15-11-7-3/h41,44-46H,5-40H2,1-4H3. The van der Waals surface area contributed by atoms with Crippen LogP contribution in [-0.4, -0.2) is 32.6 Å². The Morgan fingerprint density at radius 1 is 0.326 bits per heavy atom. The molecule has 0 aromatic carbocycles. The lowest BCUT2D eigenvalue weighted by Crippen LogP contribution is -2.61. The first-order chi connectivity index (χ1) is 22.4. The van der Waals surface area contributed by atoms with Crippen LogP contribution >= 0.6 is 0 Å². The average Bonchev–Trinajstić information content (AvgIpc) is 3.05. The minimum Gasteiger partial charge on any atom is -0.390 e. The summed E-state index contributed by atoms with van der Waals surface area (Å²) in [5.74, 6) is 0. The largest absolute Gasteiger partial charge is 0.390 e. The molecule has 0 spiro atoms. The van der Waals surface area contributed by atoms with Crippen LogP contribution in [0.5, 0.6) is 0 Å². The van der Waals surface area contributed by atoms with Crippen molar-refractivity contribution in [2.75, 3.05) is 0 Å². The summed E-state index contributed by atoms with van der Waals surface area (Å²) in [6, 6.07) is 0. The molecule has 0 aliphatic heterocycles. The first-order valence-corrected chi connectivity index (χ1v) is 21.5. The maximum absolute atomic E-state index is 12.5. The van der Waals surface area contributed by atoms with Crippen molar-refractivity contribution in [1.82, 2.24) is 0 Å². The van der Waals surface area contributed by atoms with Crippen LogP contribution in [-0.2, 0) is 0 Å². The van der Waals surface area contributed by atoms with Gasteiger partial charge in [-0.3, -0.25) is 0 Å². The Labute approximate surface area is 290 Å². The van der Waals surface area contributed by atoms with E-state index in [0.717, 1.165) is 51.4 Å². The molecule has 0 saturated carbocycles. The lowest BCUT2D eigenvalue weighted by molar-refractivity contribution is -0.215. The summed E-state index contributed by atoms with van der Waals surface area (Å²) in [5.41, 5.74) is -2.60. The Balaban J connectivity index is 5.34. The van der Waals surface area contributed by atoms with Crippen LogP contribution < -0.4 is 0 Å². The second kappa shape index (κ2) is 33.4. The third-order valence-corrected chi connectivity index (χ3v) is 11.0. The molecular formula is C43H88O3. The molecule has 3 N–H and O–H groups in total. The summed E-state index contributed by atoms with van der Waals surface area (Å²) in [6.45, 7) is 9.07. The van der Waals surface area contributed by atoms with Gasteiger partial charge in [0.25, 0.3) is 0 Å². The number of aliphatic hydroxyl groups is 3. The zero-order valence-corrected chi connectivity index (χ0v) is 32.4. The van der Waals surface area contributed by atoms with Crippen LogP contribution in [0.4, 0.5) is 0 Å². The predicted molar refractivity (Wildman–Crippen MR) is 205 cm³/mol. The van der Waals surface area contributed by atoms with Crippen LogP contribution in [0.3, 0.4) is 0 Å². The van der Waals surface area contributed by atoms with Crippen LogP contribution in [0.2, 0.25) is 0 Å². The van der Waals surface area contributed by atoms with Gasteiger partial charge in [-0.2, -0.15) is 0 Å². The van der Waals surface area contributed by atoms with Gasteiger partial charge in [-0.25, -0.2) is 0 Å². The van der Waals surface area contributed by atoms with E-state index in [1.807, 2.05) is 0 Å². The predicted octanol–water partition coefficient (Wildman–Crippen LogP) is 13.9. The molecule has 0 saturated heterocycles. The molecular weight excluding hydrogens is 564 g/mol. The van der Waals surface area contributed by atoms with E-state index >= 15 is 0 Å². The van der Waals surface area contributed by atoms with Gasteiger partial charge in [-0.05, 0) is 25.7 Å². The summed E-state index contributed by atoms with van der Waals surface area (Å²) in [4.78, 5) is 0. The van der Waals surface area contributed by atoms with Crippen molar-refractivity contribution in [3.63, 3.8) is 0 Å². The second-order valence-corrected chi connectivity index (χ2v) is 15.4. The third-order valence-electron chi connectivity index (χ3n) is 11.0. The van der Waals surface area contributed by atoms with Gasteiger partial charge in [0.15, 0.2) is 0 Å². The molecule has 2 atom stereocenters. The molecule has 3 nitrogen and oxygen atoms in total. The fraction of sp³-hybridized carbons (Fsp3) is 1.00. The van der Waals surface area contributed by atoms with Crippen molar-refractivity contribution in [3.8, 4) is 0 Å². The molecule has 0 fully saturated rings. The van der Waals surface area contributed by atoms with Crippen LogP contribution in [0.1, 0.15) is 259 Å². The SMILES string of the molecule is CCCCCCCCCCC(O)C(O)(CCCCCCCCCC)C(O)(CCCCCCCCCC)CCCCCCCCCC. The highest BCUT2D eigenvalue weighted by Crippen LogP contribution is 2.41. The highest BCUT2D eigenvalue weighted by molar-refractivity contribution is 5.04. The zero-order chi connectivity index (χ0) is 34.0. The quantitative estimate of drug-likeness (QED) is 0.0582. The Morgan fingerprint density at radius 3 is 0.870 bits per heavy atom. The van der Waals surface area contributed by atoms with Gasteiger partial charge in [-0.1, -0.05) is 233 Å². The smallest absolute Gasteiger partial charge is 0.119 e. The van der Waals surface area contributed by atoms with Gasteiger partial charge in [0.2, 0.25) is 0 Å². The molecule has 46 heavy (non-hydrogen) atoms. The Morgan fingerprint density at radius 2 is 0.565 bits per heavy atom. The van der Waals surface area contributed by atoms with E-state index in [2.05, 4.69) is 27.7 Å². The number of aliphatic hydroxyl groups excluding tert-OH is 1. The maximum atomic E-state index is 12.5. The Hall–Kier alpha value is -0.120. The normalized spacial score (nSPS) is 14.2. The molecule has 0 aromatic rings. The monoisotopic (exact) mass is 653 g/mol. The lowest BCUT2D eigenvalue weighted by Gasteiger charge is -2.47. The summed E-state index contributed by atoms with van der Waals surface area (Å²) >= 11 is 0. The highest BCUT2D eigenvalue weighted by Gasteiger charge is 2.52. The van der Waals surface area contributed by atoms with Gasteiger partial charge in [-0.15, -0.1) is 0 Å². The van der Waals surface area contributed by atoms with E-state index in [0.29, 0.717) is 25.7 Å². The van der Waals surface area contributed by atoms with E-state index in [9.17, 15) is 15.3 Å². The van der Waals surface area contributed by atoms with Gasteiger partial charge in [0.05, 0.1) is 11.7 Å². The van der Waals surface area contributed by atoms with Crippen molar-refractivity contribution in [3.05, 3.63) is 0 Å². The Bertz CT molecular complexity index is 573. The fourth-order valence-electron chi connectivity index (χ4n) is 7.61. The minimum atomic E-state index is -1.40. The van der Waals surface area contributed by atoms with E-state index in [1.165, 1.54) is 154 Å². The van der Waals surface area contributed by atoms with Crippen LogP contribution in [0.25, 0.3) is 0 Å². The molecule has 0 amide bonds. The van der Waals surface area contributed by atoms with Crippen molar-refractivity contribution in [2.45, 2.75) is 276 Å². The molecule has 0 bridgehead atoms. The van der Waals surface area contributed by atoms with E-state index in [1.54, 1.807) is 0 Å². The molecule has 278 valence electrons. The maximum Gasteiger partial charge on any atom is 0.119 e. The van der Waals surface area contributed by atoms with Crippen molar-refractivity contribution in [2.24, 2.45) is 0 Å². The molecule has 3 heteroatoms. The molecule has 0 aromatic heterocycles. The topological polar surface area (TPSA) is 60.7 Å². The Kier molecular flexibility index (Phi) is 33.3. The first kappa shape index (κ1) is 45.9. The summed E-state index contributed by atoms with van der Waals surface area (Å²) in [7, 11) is 0. The molecule has 0 radical (unpaired) electrons. The molecule has 0 rings (SSSR count). The van der Waals surface area contributed by atoms with Gasteiger partial charge >= 0.3 is 0 Å². The highest BCUT2D eigenvalue weighted by atomic mass is 16.4. The lowest BCUT2D eigenvalue weighted by atomic mass is 9.69. The van der Waals surface area contributed by atoms with Gasteiger partial charge < -0.3 is 15.3 Å². The van der Waals surface area contributed by atoms with Crippen molar-refractivity contribution >= 4 is 0 Å². The third kappa shape index (κ3) is 24.1. The second-order valence-electron chi connectivity index (χ2n) is 15.4. The van der Waals surface area contributed by atoms with Crippen molar-refractivity contribution < 1.29 is 15.3 Å². The fourth-order valence-corrected chi connectivity index (χ4v) is 7.61. The zero-order valence-electron chi connectivity index (χ0n) is 32.4. The molecule has 0 aliphatic rings. The molecule has 0 aliphatic carbocycles. The molecule has 0 heterocycles. The van der Waals surface area contributed by atoms with Gasteiger partial charge in [0, 0.05) is 0 Å². The summed E-state index contributed by atoms with van der Waals surface area (Å²) < 4.78 is 0. The minimum absolute atomic E-state index is 0.532. The van der Waals surface area contributed by atoms with Crippen molar-refractivity contribution in [1.29, 1.82) is 0 Å². The summed E-state index contributed by atoms with van der Waals surface area (Å²) in [5, 5.41) is 36.6. The van der Waals surface area contributed by atoms with Crippen LogP contribution in [0.15, 0.2) is 0 Å². The van der Waals surface area contributed by atoms with Crippen LogP contribution in [0, 0.1) is 0 Å². The van der Waals surface area contributed by atoms with Gasteiger partial charge in [0.1, 0.15) is 5.60 Å². The van der Waals surface area contributed by atoms with E-state index in [-0.39, 0.29) is 0 Å².